The maximum absolute atomic E-state index is 3.96. The first kappa shape index (κ1) is 13.4. The molecule has 1 saturated carbocycles. The van der Waals surface area contributed by atoms with E-state index in [-0.39, 0.29) is 0 Å². The molecule has 0 amide bonds. The molecular weight excluding hydrogens is 208 g/mol. The van der Waals surface area contributed by atoms with Crippen molar-refractivity contribution in [2.45, 2.75) is 65.0 Å². The van der Waals surface area contributed by atoms with E-state index in [0.717, 1.165) is 23.9 Å². The highest BCUT2D eigenvalue weighted by molar-refractivity contribution is 4.86. The first-order chi connectivity index (χ1) is 8.20. The van der Waals surface area contributed by atoms with Gasteiger partial charge in [0.05, 0.1) is 0 Å². The Morgan fingerprint density at radius 1 is 1.06 bits per heavy atom. The Bertz CT molecular complexity index is 221. The number of hydrogen-bond acceptors (Lipinski definition) is 2. The van der Waals surface area contributed by atoms with Gasteiger partial charge < -0.3 is 10.2 Å². The van der Waals surface area contributed by atoms with Crippen LogP contribution in [0.2, 0.25) is 0 Å². The molecule has 2 aliphatic rings. The van der Waals surface area contributed by atoms with Crippen molar-refractivity contribution in [1.82, 2.24) is 10.2 Å². The van der Waals surface area contributed by atoms with Gasteiger partial charge in [0.2, 0.25) is 0 Å². The summed E-state index contributed by atoms with van der Waals surface area (Å²) in [6.45, 7) is 11.0. The zero-order chi connectivity index (χ0) is 12.3. The van der Waals surface area contributed by atoms with Crippen LogP contribution in [0, 0.1) is 11.8 Å². The Hall–Kier alpha value is -0.0800. The molecular formula is C15H30N2. The van der Waals surface area contributed by atoms with Gasteiger partial charge in [0, 0.05) is 12.1 Å². The molecule has 0 aromatic carbocycles. The highest BCUT2D eigenvalue weighted by Crippen LogP contribution is 2.30. The normalized spacial score (nSPS) is 37.2. The Morgan fingerprint density at radius 2 is 1.76 bits per heavy atom. The third-order valence-electron chi connectivity index (χ3n) is 5.19. The van der Waals surface area contributed by atoms with Gasteiger partial charge in [0.15, 0.2) is 0 Å². The molecule has 1 aliphatic heterocycles. The highest BCUT2D eigenvalue weighted by Gasteiger charge is 2.29. The third kappa shape index (κ3) is 3.45. The van der Waals surface area contributed by atoms with Crippen molar-refractivity contribution in [3.63, 3.8) is 0 Å². The zero-order valence-corrected chi connectivity index (χ0v) is 11.9. The van der Waals surface area contributed by atoms with E-state index in [0.29, 0.717) is 0 Å². The van der Waals surface area contributed by atoms with Crippen LogP contribution in [0.3, 0.4) is 0 Å². The summed E-state index contributed by atoms with van der Waals surface area (Å²) >= 11 is 0. The molecule has 2 nitrogen and oxygen atoms in total. The summed E-state index contributed by atoms with van der Waals surface area (Å²) < 4.78 is 0. The molecule has 1 N–H and O–H groups in total. The van der Waals surface area contributed by atoms with Crippen LogP contribution in [-0.4, -0.2) is 36.6 Å². The third-order valence-corrected chi connectivity index (χ3v) is 5.19. The van der Waals surface area contributed by atoms with Crippen molar-refractivity contribution >= 4 is 0 Å². The summed E-state index contributed by atoms with van der Waals surface area (Å²) in [5.74, 6) is 1.78. The van der Waals surface area contributed by atoms with E-state index < -0.39 is 0 Å². The smallest absolute Gasteiger partial charge is 0.00978 e. The van der Waals surface area contributed by atoms with Crippen LogP contribution in [0.1, 0.15) is 52.9 Å². The molecule has 3 atom stereocenters. The van der Waals surface area contributed by atoms with Crippen LogP contribution in [-0.2, 0) is 0 Å². The van der Waals surface area contributed by atoms with Gasteiger partial charge in [-0.05, 0) is 50.7 Å². The van der Waals surface area contributed by atoms with Crippen LogP contribution >= 0.6 is 0 Å². The standard InChI is InChI=1S/C15H30N2/c1-4-17-10-8-14(9-11-17)16-15-7-5-6-12(2)13(15)3/h12-16H,4-11H2,1-3H3/t12-,13-,15+/m0/s1. The van der Waals surface area contributed by atoms with E-state index in [9.17, 15) is 0 Å². The summed E-state index contributed by atoms with van der Waals surface area (Å²) in [5.41, 5.74) is 0. The van der Waals surface area contributed by atoms with Crippen molar-refractivity contribution in [3.8, 4) is 0 Å². The second kappa shape index (κ2) is 6.19. The zero-order valence-electron chi connectivity index (χ0n) is 11.9. The lowest BCUT2D eigenvalue weighted by Crippen LogP contribution is -2.50. The summed E-state index contributed by atoms with van der Waals surface area (Å²) in [6.07, 6.45) is 6.97. The fraction of sp³-hybridized carbons (Fsp3) is 1.00. The number of nitrogens with zero attached hydrogens (tertiary/aromatic N) is 1. The molecule has 2 rings (SSSR count). The number of nitrogens with one attached hydrogen (secondary N) is 1. The second-order valence-corrected chi connectivity index (χ2v) is 6.25. The minimum Gasteiger partial charge on any atom is -0.311 e. The van der Waals surface area contributed by atoms with Crippen LogP contribution < -0.4 is 5.32 Å². The molecule has 0 bridgehead atoms. The molecule has 1 heterocycles. The number of rotatable bonds is 3. The molecule has 0 unspecified atom stereocenters. The summed E-state index contributed by atoms with van der Waals surface area (Å²) in [4.78, 5) is 2.57. The van der Waals surface area contributed by atoms with Gasteiger partial charge in [-0.1, -0.05) is 33.6 Å². The molecule has 0 radical (unpaired) electrons. The maximum atomic E-state index is 3.96. The van der Waals surface area contributed by atoms with Crippen molar-refractivity contribution in [2.75, 3.05) is 19.6 Å². The number of likely N-dealkylation sites (tertiary alicyclic amines) is 1. The largest absolute Gasteiger partial charge is 0.311 e. The Labute approximate surface area is 107 Å². The van der Waals surface area contributed by atoms with Gasteiger partial charge in [-0.25, -0.2) is 0 Å². The van der Waals surface area contributed by atoms with E-state index >= 15 is 0 Å². The fourth-order valence-corrected chi connectivity index (χ4v) is 3.54. The van der Waals surface area contributed by atoms with Gasteiger partial charge in [0.25, 0.3) is 0 Å². The predicted octanol–water partition coefficient (Wildman–Crippen LogP) is 2.89. The van der Waals surface area contributed by atoms with Gasteiger partial charge >= 0.3 is 0 Å². The van der Waals surface area contributed by atoms with Crippen molar-refractivity contribution < 1.29 is 0 Å². The van der Waals surface area contributed by atoms with E-state index in [1.54, 1.807) is 0 Å². The minimum absolute atomic E-state index is 0.788. The molecule has 0 spiro atoms. The molecule has 2 fully saturated rings. The molecule has 1 saturated heterocycles. The van der Waals surface area contributed by atoms with Crippen LogP contribution in [0.15, 0.2) is 0 Å². The summed E-state index contributed by atoms with van der Waals surface area (Å²) in [7, 11) is 0. The maximum Gasteiger partial charge on any atom is 0.00978 e. The van der Waals surface area contributed by atoms with Crippen LogP contribution in [0.5, 0.6) is 0 Å². The molecule has 100 valence electrons. The average molecular weight is 238 g/mol. The molecule has 17 heavy (non-hydrogen) atoms. The Balaban J connectivity index is 1.77. The molecule has 1 aliphatic carbocycles. The fourth-order valence-electron chi connectivity index (χ4n) is 3.54. The Morgan fingerprint density at radius 3 is 2.41 bits per heavy atom. The van der Waals surface area contributed by atoms with E-state index in [2.05, 4.69) is 31.0 Å². The van der Waals surface area contributed by atoms with Gasteiger partial charge in [-0.2, -0.15) is 0 Å². The summed E-state index contributed by atoms with van der Waals surface area (Å²) in [6, 6.07) is 1.58. The second-order valence-electron chi connectivity index (χ2n) is 6.25. The van der Waals surface area contributed by atoms with Gasteiger partial charge in [0.1, 0.15) is 0 Å². The van der Waals surface area contributed by atoms with Crippen LogP contribution in [0.25, 0.3) is 0 Å². The van der Waals surface area contributed by atoms with Crippen molar-refractivity contribution in [2.24, 2.45) is 11.8 Å². The monoisotopic (exact) mass is 238 g/mol. The topological polar surface area (TPSA) is 15.3 Å². The lowest BCUT2D eigenvalue weighted by atomic mass is 9.77. The first-order valence-corrected chi connectivity index (χ1v) is 7.69. The van der Waals surface area contributed by atoms with Gasteiger partial charge in [-0.3, -0.25) is 0 Å². The predicted molar refractivity (Wildman–Crippen MR) is 74.2 cm³/mol. The first-order valence-electron chi connectivity index (χ1n) is 7.69. The highest BCUT2D eigenvalue weighted by atomic mass is 15.1. The average Bonchev–Trinajstić information content (AvgIpc) is 2.36. The number of piperidine rings is 1. The van der Waals surface area contributed by atoms with Crippen molar-refractivity contribution in [3.05, 3.63) is 0 Å². The van der Waals surface area contributed by atoms with Crippen molar-refractivity contribution in [1.29, 1.82) is 0 Å². The quantitative estimate of drug-likeness (QED) is 0.813. The van der Waals surface area contributed by atoms with Crippen LogP contribution in [0.4, 0.5) is 0 Å². The van der Waals surface area contributed by atoms with Gasteiger partial charge in [-0.15, -0.1) is 0 Å². The Kier molecular flexibility index (Phi) is 4.87. The van der Waals surface area contributed by atoms with E-state index in [1.807, 2.05) is 0 Å². The minimum atomic E-state index is 0.788. The van der Waals surface area contributed by atoms with E-state index in [1.165, 1.54) is 51.7 Å². The lowest BCUT2D eigenvalue weighted by Gasteiger charge is -2.39. The molecule has 2 heteroatoms. The van der Waals surface area contributed by atoms with E-state index in [4.69, 9.17) is 0 Å². The SMILES string of the molecule is CCN1CCC(N[C@@H]2CCC[C@H](C)[C@@H]2C)CC1. The summed E-state index contributed by atoms with van der Waals surface area (Å²) in [5, 5.41) is 3.96. The molecule has 0 aromatic rings. The molecule has 0 aromatic heterocycles. The lowest BCUT2D eigenvalue weighted by molar-refractivity contribution is 0.154. The number of hydrogen-bond donors (Lipinski definition) is 1.